The Hall–Kier alpha value is -1.35. The molecule has 1 N–H and O–H groups in total. The maximum Gasteiger partial charge on any atom is 0.250 e. The third-order valence-corrected chi connectivity index (χ3v) is 1.99. The molecule has 0 aliphatic rings. The minimum absolute atomic E-state index is 0.105. The van der Waals surface area contributed by atoms with Crippen LogP contribution in [0.2, 0.25) is 0 Å². The summed E-state index contributed by atoms with van der Waals surface area (Å²) in [4.78, 5) is 11.5. The second-order valence-electron chi connectivity index (χ2n) is 4.33. The minimum atomic E-state index is -0.105. The van der Waals surface area contributed by atoms with Gasteiger partial charge in [-0.25, -0.2) is 0 Å². The maximum absolute atomic E-state index is 11.5. The molecular weight excluding hydrogens is 202 g/mol. The van der Waals surface area contributed by atoms with E-state index < -0.39 is 0 Å². The Balaban J connectivity index is 2.34. The molecule has 0 aliphatic carbocycles. The van der Waals surface area contributed by atoms with Crippen LogP contribution in [0.5, 0.6) is 0 Å². The molecule has 0 unspecified atom stereocenters. The molecule has 3 heteroatoms. The number of aryl methyl sites for hydroxylation is 1. The molecule has 16 heavy (non-hydrogen) atoms. The lowest BCUT2D eigenvalue weighted by molar-refractivity contribution is -0.120. The molecule has 0 saturated carbocycles. The predicted octanol–water partition coefficient (Wildman–Crippen LogP) is 2.61. The van der Waals surface area contributed by atoms with Crippen LogP contribution >= 0.6 is 0 Å². The monoisotopic (exact) mass is 221 g/mol. The van der Waals surface area contributed by atoms with Crippen molar-refractivity contribution in [2.45, 2.75) is 20.8 Å². The quantitative estimate of drug-likeness (QED) is 0.830. The van der Waals surface area contributed by atoms with Gasteiger partial charge in [-0.1, -0.05) is 26.0 Å². The van der Waals surface area contributed by atoms with E-state index in [-0.39, 0.29) is 12.5 Å². The fourth-order valence-corrected chi connectivity index (χ4v) is 1.31. The number of hydrogen-bond acceptors (Lipinski definition) is 2. The van der Waals surface area contributed by atoms with E-state index in [1.165, 1.54) is 0 Å². The highest BCUT2D eigenvalue weighted by Crippen LogP contribution is 2.09. The minimum Gasteiger partial charge on any atom is -0.371 e. The zero-order valence-corrected chi connectivity index (χ0v) is 10.1. The van der Waals surface area contributed by atoms with E-state index in [0.717, 1.165) is 11.3 Å². The Morgan fingerprint density at radius 3 is 2.81 bits per heavy atom. The van der Waals surface area contributed by atoms with Gasteiger partial charge in [-0.05, 0) is 30.5 Å². The van der Waals surface area contributed by atoms with Gasteiger partial charge in [-0.2, -0.15) is 0 Å². The molecule has 1 aromatic rings. The number of nitrogens with one attached hydrogen (secondary N) is 1. The van der Waals surface area contributed by atoms with Crippen molar-refractivity contribution < 1.29 is 9.53 Å². The van der Waals surface area contributed by atoms with Gasteiger partial charge in [0.2, 0.25) is 5.91 Å². The zero-order chi connectivity index (χ0) is 12.0. The Bertz CT molecular complexity index is 348. The summed E-state index contributed by atoms with van der Waals surface area (Å²) in [7, 11) is 0. The summed E-state index contributed by atoms with van der Waals surface area (Å²) < 4.78 is 5.25. The summed E-state index contributed by atoms with van der Waals surface area (Å²) in [6, 6.07) is 7.71. The highest BCUT2D eigenvalue weighted by atomic mass is 16.5. The number of carbonyl (C=O) groups is 1. The van der Waals surface area contributed by atoms with Crippen molar-refractivity contribution in [2.75, 3.05) is 18.5 Å². The lowest BCUT2D eigenvalue weighted by Gasteiger charge is -2.08. The number of benzene rings is 1. The molecule has 0 fully saturated rings. The molecule has 0 heterocycles. The highest BCUT2D eigenvalue weighted by molar-refractivity contribution is 5.91. The van der Waals surface area contributed by atoms with Crippen LogP contribution in [-0.2, 0) is 9.53 Å². The number of carbonyl (C=O) groups excluding carboxylic acids is 1. The summed E-state index contributed by atoms with van der Waals surface area (Å²) in [6.45, 7) is 6.83. The molecule has 0 aliphatic heterocycles. The third kappa shape index (κ3) is 4.94. The molecule has 3 nitrogen and oxygen atoms in total. The van der Waals surface area contributed by atoms with Gasteiger partial charge in [0.15, 0.2) is 0 Å². The molecule has 0 atom stereocenters. The average Bonchev–Trinajstić information content (AvgIpc) is 2.16. The number of anilines is 1. The van der Waals surface area contributed by atoms with Gasteiger partial charge in [0, 0.05) is 12.3 Å². The van der Waals surface area contributed by atoms with Crippen molar-refractivity contribution >= 4 is 11.6 Å². The first kappa shape index (κ1) is 12.7. The molecule has 1 aromatic carbocycles. The standard InChI is InChI=1S/C13H19NO2/c1-10(2)8-16-9-13(15)14-12-6-4-5-11(3)7-12/h4-7,10H,8-9H2,1-3H3,(H,14,15). The van der Waals surface area contributed by atoms with E-state index in [4.69, 9.17) is 4.74 Å². The molecule has 1 rings (SSSR count). The summed E-state index contributed by atoms with van der Waals surface area (Å²) in [5, 5.41) is 2.79. The molecular formula is C13H19NO2. The summed E-state index contributed by atoms with van der Waals surface area (Å²) in [6.07, 6.45) is 0. The Kier molecular flexibility index (Phi) is 4.99. The Morgan fingerprint density at radius 2 is 2.19 bits per heavy atom. The van der Waals surface area contributed by atoms with E-state index in [2.05, 4.69) is 19.2 Å². The molecule has 88 valence electrons. The van der Waals surface area contributed by atoms with E-state index in [1.54, 1.807) is 0 Å². The van der Waals surface area contributed by atoms with Crippen LogP contribution in [0.3, 0.4) is 0 Å². The number of amides is 1. The van der Waals surface area contributed by atoms with Crippen molar-refractivity contribution in [3.05, 3.63) is 29.8 Å². The highest BCUT2D eigenvalue weighted by Gasteiger charge is 2.03. The number of rotatable bonds is 5. The van der Waals surface area contributed by atoms with Crippen LogP contribution in [0.25, 0.3) is 0 Å². The van der Waals surface area contributed by atoms with Crippen molar-refractivity contribution in [3.8, 4) is 0 Å². The van der Waals surface area contributed by atoms with Gasteiger partial charge in [0.25, 0.3) is 0 Å². The van der Waals surface area contributed by atoms with E-state index in [1.807, 2.05) is 31.2 Å². The number of ether oxygens (including phenoxy) is 1. The van der Waals surface area contributed by atoms with Crippen LogP contribution in [0, 0.1) is 12.8 Å². The van der Waals surface area contributed by atoms with Gasteiger partial charge in [0.05, 0.1) is 0 Å². The Morgan fingerprint density at radius 1 is 1.44 bits per heavy atom. The smallest absolute Gasteiger partial charge is 0.250 e. The molecule has 0 saturated heterocycles. The number of hydrogen-bond donors (Lipinski definition) is 1. The van der Waals surface area contributed by atoms with Crippen LogP contribution in [-0.4, -0.2) is 19.1 Å². The fraction of sp³-hybridized carbons (Fsp3) is 0.462. The topological polar surface area (TPSA) is 38.3 Å². The van der Waals surface area contributed by atoms with E-state index in [9.17, 15) is 4.79 Å². The second kappa shape index (κ2) is 6.28. The van der Waals surface area contributed by atoms with Crippen LogP contribution in [0.1, 0.15) is 19.4 Å². The van der Waals surface area contributed by atoms with Crippen molar-refractivity contribution in [3.63, 3.8) is 0 Å². The van der Waals surface area contributed by atoms with Crippen molar-refractivity contribution in [1.29, 1.82) is 0 Å². The van der Waals surface area contributed by atoms with Crippen molar-refractivity contribution in [2.24, 2.45) is 5.92 Å². The van der Waals surface area contributed by atoms with Crippen molar-refractivity contribution in [1.82, 2.24) is 0 Å². The largest absolute Gasteiger partial charge is 0.371 e. The molecule has 0 aromatic heterocycles. The second-order valence-corrected chi connectivity index (χ2v) is 4.33. The lowest BCUT2D eigenvalue weighted by Crippen LogP contribution is -2.19. The van der Waals surface area contributed by atoms with Gasteiger partial charge in [-0.15, -0.1) is 0 Å². The van der Waals surface area contributed by atoms with Crippen LogP contribution in [0.15, 0.2) is 24.3 Å². The normalized spacial score (nSPS) is 10.5. The first-order valence-corrected chi connectivity index (χ1v) is 5.52. The zero-order valence-electron chi connectivity index (χ0n) is 10.1. The SMILES string of the molecule is Cc1cccc(NC(=O)COCC(C)C)c1. The average molecular weight is 221 g/mol. The van der Waals surface area contributed by atoms with Gasteiger partial charge in [0.1, 0.15) is 6.61 Å². The molecule has 0 spiro atoms. The summed E-state index contributed by atoms with van der Waals surface area (Å²) in [5.74, 6) is 0.345. The molecule has 0 bridgehead atoms. The predicted molar refractivity (Wildman–Crippen MR) is 65.5 cm³/mol. The maximum atomic E-state index is 11.5. The summed E-state index contributed by atoms with van der Waals surface area (Å²) in [5.41, 5.74) is 1.94. The first-order chi connectivity index (χ1) is 7.58. The molecule has 1 amide bonds. The first-order valence-electron chi connectivity index (χ1n) is 5.52. The lowest BCUT2D eigenvalue weighted by atomic mass is 10.2. The van der Waals surface area contributed by atoms with E-state index >= 15 is 0 Å². The van der Waals surface area contributed by atoms with Gasteiger partial charge in [-0.3, -0.25) is 4.79 Å². The van der Waals surface area contributed by atoms with E-state index in [0.29, 0.717) is 12.5 Å². The van der Waals surface area contributed by atoms with Gasteiger partial charge >= 0.3 is 0 Å². The summed E-state index contributed by atoms with van der Waals surface area (Å²) >= 11 is 0. The fourth-order valence-electron chi connectivity index (χ4n) is 1.31. The van der Waals surface area contributed by atoms with Gasteiger partial charge < -0.3 is 10.1 Å². The molecule has 0 radical (unpaired) electrons. The van der Waals surface area contributed by atoms with Crippen LogP contribution in [0.4, 0.5) is 5.69 Å². The third-order valence-electron chi connectivity index (χ3n) is 1.99. The van der Waals surface area contributed by atoms with Crippen LogP contribution < -0.4 is 5.32 Å². The Labute approximate surface area is 96.8 Å².